The van der Waals surface area contributed by atoms with Gasteiger partial charge in [0.1, 0.15) is 5.75 Å². The maximum Gasteiger partial charge on any atom is 0.119 e. The molecule has 2 rings (SSSR count). The molecule has 0 radical (unpaired) electrons. The van der Waals surface area contributed by atoms with Crippen LogP contribution in [0.4, 0.5) is 0 Å². The minimum absolute atomic E-state index is 0.0526. The Hall–Kier alpha value is -1.84. The zero-order valence-corrected chi connectivity index (χ0v) is 13.8. The van der Waals surface area contributed by atoms with Crippen molar-refractivity contribution in [3.05, 3.63) is 64.2 Å². The van der Waals surface area contributed by atoms with E-state index in [2.05, 4.69) is 38.2 Å². The first kappa shape index (κ1) is 16.5. The van der Waals surface area contributed by atoms with Gasteiger partial charge in [-0.2, -0.15) is 0 Å². The lowest BCUT2D eigenvalue weighted by Gasteiger charge is -2.19. The number of nitrogens with one attached hydrogen (secondary N) is 1. The molecule has 1 atom stereocenters. The monoisotopic (exact) mass is 299 g/mol. The van der Waals surface area contributed by atoms with E-state index in [0.29, 0.717) is 0 Å². The summed E-state index contributed by atoms with van der Waals surface area (Å²) < 4.78 is 5.25. The summed E-state index contributed by atoms with van der Waals surface area (Å²) in [5, 5.41) is 13.1. The third-order valence-corrected chi connectivity index (χ3v) is 4.17. The van der Waals surface area contributed by atoms with Crippen LogP contribution in [0, 0.1) is 20.8 Å². The van der Waals surface area contributed by atoms with Gasteiger partial charge in [0.15, 0.2) is 0 Å². The van der Waals surface area contributed by atoms with E-state index >= 15 is 0 Å². The standard InChI is InChI=1S/C19H25NO2/c1-13-8-15(3)17(9-14(13)2)11-20-19(12-21)16-6-5-7-18(10-16)22-4/h5-10,19-21H,11-12H2,1-4H3. The molecular weight excluding hydrogens is 274 g/mol. The number of methoxy groups -OCH3 is 1. The van der Waals surface area contributed by atoms with Gasteiger partial charge in [-0.1, -0.05) is 24.3 Å². The molecule has 0 aromatic heterocycles. The van der Waals surface area contributed by atoms with Crippen LogP contribution >= 0.6 is 0 Å². The number of hydrogen-bond donors (Lipinski definition) is 2. The Morgan fingerprint density at radius 3 is 2.45 bits per heavy atom. The maximum absolute atomic E-state index is 9.69. The molecule has 0 aliphatic heterocycles. The summed E-state index contributed by atoms with van der Waals surface area (Å²) in [6.07, 6.45) is 0. The number of benzene rings is 2. The number of rotatable bonds is 6. The number of aryl methyl sites for hydroxylation is 3. The molecule has 118 valence electrons. The molecule has 0 aliphatic carbocycles. The summed E-state index contributed by atoms with van der Waals surface area (Å²) >= 11 is 0. The van der Waals surface area contributed by atoms with Gasteiger partial charge in [0.05, 0.1) is 19.8 Å². The second kappa shape index (κ2) is 7.43. The number of aliphatic hydroxyl groups excluding tert-OH is 1. The average Bonchev–Trinajstić information content (AvgIpc) is 2.53. The van der Waals surface area contributed by atoms with Crippen molar-refractivity contribution in [3.63, 3.8) is 0 Å². The highest BCUT2D eigenvalue weighted by Gasteiger charge is 2.11. The van der Waals surface area contributed by atoms with Crippen molar-refractivity contribution >= 4 is 0 Å². The Kier molecular flexibility index (Phi) is 5.58. The van der Waals surface area contributed by atoms with Crippen LogP contribution in [0.5, 0.6) is 5.75 Å². The van der Waals surface area contributed by atoms with E-state index in [-0.39, 0.29) is 12.6 Å². The van der Waals surface area contributed by atoms with Crippen LogP contribution in [0.3, 0.4) is 0 Å². The molecule has 2 aromatic rings. The van der Waals surface area contributed by atoms with Gasteiger partial charge in [-0.3, -0.25) is 0 Å². The summed E-state index contributed by atoms with van der Waals surface area (Å²) in [6, 6.07) is 12.1. The van der Waals surface area contributed by atoms with Gasteiger partial charge in [-0.15, -0.1) is 0 Å². The largest absolute Gasteiger partial charge is 0.497 e. The molecule has 0 heterocycles. The average molecular weight is 299 g/mol. The smallest absolute Gasteiger partial charge is 0.119 e. The third-order valence-electron chi connectivity index (χ3n) is 4.17. The summed E-state index contributed by atoms with van der Waals surface area (Å²) in [5.74, 6) is 0.806. The highest BCUT2D eigenvalue weighted by atomic mass is 16.5. The fourth-order valence-electron chi connectivity index (χ4n) is 2.59. The van der Waals surface area contributed by atoms with Crippen LogP contribution in [0.2, 0.25) is 0 Å². The maximum atomic E-state index is 9.69. The quantitative estimate of drug-likeness (QED) is 0.858. The second-order valence-electron chi connectivity index (χ2n) is 5.76. The van der Waals surface area contributed by atoms with Crippen molar-refractivity contribution in [1.29, 1.82) is 0 Å². The zero-order chi connectivity index (χ0) is 16.1. The molecule has 22 heavy (non-hydrogen) atoms. The van der Waals surface area contributed by atoms with Gasteiger partial charge < -0.3 is 15.2 Å². The molecule has 2 N–H and O–H groups in total. The lowest BCUT2D eigenvalue weighted by atomic mass is 10.00. The van der Waals surface area contributed by atoms with Gasteiger partial charge in [0.25, 0.3) is 0 Å². The molecule has 3 nitrogen and oxygen atoms in total. The SMILES string of the molecule is COc1cccc(C(CO)NCc2cc(C)c(C)cc2C)c1. The number of ether oxygens (including phenoxy) is 1. The fraction of sp³-hybridized carbons (Fsp3) is 0.368. The molecule has 0 saturated heterocycles. The zero-order valence-electron chi connectivity index (χ0n) is 13.8. The molecule has 0 aliphatic rings. The van der Waals surface area contributed by atoms with Crippen molar-refractivity contribution in [3.8, 4) is 5.75 Å². The number of aliphatic hydroxyl groups is 1. The fourth-order valence-corrected chi connectivity index (χ4v) is 2.59. The Bertz CT molecular complexity index is 637. The topological polar surface area (TPSA) is 41.5 Å². The first-order valence-electron chi connectivity index (χ1n) is 7.60. The van der Waals surface area contributed by atoms with E-state index in [4.69, 9.17) is 4.74 Å². The molecule has 0 saturated carbocycles. The van der Waals surface area contributed by atoms with Gasteiger partial charge in [0.2, 0.25) is 0 Å². The lowest BCUT2D eigenvalue weighted by molar-refractivity contribution is 0.243. The van der Waals surface area contributed by atoms with Crippen molar-refractivity contribution in [1.82, 2.24) is 5.32 Å². The van der Waals surface area contributed by atoms with Crippen molar-refractivity contribution in [2.24, 2.45) is 0 Å². The molecule has 0 spiro atoms. The molecular formula is C19H25NO2. The van der Waals surface area contributed by atoms with Gasteiger partial charge in [-0.25, -0.2) is 0 Å². The Labute approximate surface area is 133 Å². The van der Waals surface area contributed by atoms with Crippen molar-refractivity contribution < 1.29 is 9.84 Å². The second-order valence-corrected chi connectivity index (χ2v) is 5.76. The van der Waals surface area contributed by atoms with Crippen LogP contribution in [0.1, 0.15) is 33.9 Å². The van der Waals surface area contributed by atoms with E-state index < -0.39 is 0 Å². The molecule has 3 heteroatoms. The minimum atomic E-state index is -0.101. The normalized spacial score (nSPS) is 12.2. The molecule has 2 aromatic carbocycles. The number of hydrogen-bond acceptors (Lipinski definition) is 3. The first-order valence-corrected chi connectivity index (χ1v) is 7.60. The highest BCUT2D eigenvalue weighted by molar-refractivity contribution is 5.36. The van der Waals surface area contributed by atoms with Crippen LogP contribution in [0.15, 0.2) is 36.4 Å². The predicted molar refractivity (Wildman–Crippen MR) is 90.3 cm³/mol. The molecule has 1 unspecified atom stereocenters. The van der Waals surface area contributed by atoms with Crippen LogP contribution < -0.4 is 10.1 Å². The molecule has 0 bridgehead atoms. The van der Waals surface area contributed by atoms with Crippen molar-refractivity contribution in [2.45, 2.75) is 33.4 Å². The first-order chi connectivity index (χ1) is 10.5. The van der Waals surface area contributed by atoms with Crippen LogP contribution in [-0.2, 0) is 6.54 Å². The van der Waals surface area contributed by atoms with E-state index in [1.165, 1.54) is 22.3 Å². The molecule has 0 fully saturated rings. The van der Waals surface area contributed by atoms with Gasteiger partial charge >= 0.3 is 0 Å². The summed E-state index contributed by atoms with van der Waals surface area (Å²) in [4.78, 5) is 0. The van der Waals surface area contributed by atoms with E-state index in [9.17, 15) is 5.11 Å². The van der Waals surface area contributed by atoms with E-state index in [0.717, 1.165) is 17.9 Å². The Balaban J connectivity index is 2.12. The van der Waals surface area contributed by atoms with Gasteiger partial charge in [0, 0.05) is 6.54 Å². The Morgan fingerprint density at radius 1 is 1.05 bits per heavy atom. The molecule has 0 amide bonds. The van der Waals surface area contributed by atoms with Crippen molar-refractivity contribution in [2.75, 3.05) is 13.7 Å². The van der Waals surface area contributed by atoms with Crippen LogP contribution in [-0.4, -0.2) is 18.8 Å². The Morgan fingerprint density at radius 2 is 1.77 bits per heavy atom. The summed E-state index contributed by atoms with van der Waals surface area (Å²) in [7, 11) is 1.65. The van der Waals surface area contributed by atoms with E-state index in [1.54, 1.807) is 7.11 Å². The highest BCUT2D eigenvalue weighted by Crippen LogP contribution is 2.20. The lowest BCUT2D eigenvalue weighted by Crippen LogP contribution is -2.24. The summed E-state index contributed by atoms with van der Waals surface area (Å²) in [5.41, 5.74) is 6.18. The predicted octanol–water partition coefficient (Wildman–Crippen LogP) is 3.44. The van der Waals surface area contributed by atoms with Crippen LogP contribution in [0.25, 0.3) is 0 Å². The summed E-state index contributed by atoms with van der Waals surface area (Å²) in [6.45, 7) is 7.17. The third kappa shape index (κ3) is 3.87. The van der Waals surface area contributed by atoms with E-state index in [1.807, 2.05) is 24.3 Å². The van der Waals surface area contributed by atoms with Gasteiger partial charge in [-0.05, 0) is 60.7 Å². The minimum Gasteiger partial charge on any atom is -0.497 e.